The summed E-state index contributed by atoms with van der Waals surface area (Å²) in [6, 6.07) is 0. The summed E-state index contributed by atoms with van der Waals surface area (Å²) in [6.45, 7) is 4.43. The number of aromatic nitrogens is 2. The molecule has 1 amide bonds. The van der Waals surface area contributed by atoms with E-state index in [0.29, 0.717) is 12.2 Å². The minimum Gasteiger partial charge on any atom is -0.334 e. The minimum absolute atomic E-state index is 0.0720. The zero-order valence-electron chi connectivity index (χ0n) is 13.2. The number of H-pyrrole nitrogens is 1. The van der Waals surface area contributed by atoms with Crippen LogP contribution in [0.1, 0.15) is 23.3 Å². The van der Waals surface area contributed by atoms with Gasteiger partial charge in [0.2, 0.25) is 0 Å². The highest BCUT2D eigenvalue weighted by Gasteiger charge is 2.42. The second-order valence-corrected chi connectivity index (χ2v) is 6.47. The Balaban J connectivity index is 1.76. The normalized spacial score (nSPS) is 22.9. The fourth-order valence-electron chi connectivity index (χ4n) is 3.43. The molecule has 2 aliphatic heterocycles. The molecule has 3 heterocycles. The molecule has 2 saturated heterocycles. The van der Waals surface area contributed by atoms with Crippen molar-refractivity contribution in [1.29, 1.82) is 0 Å². The first-order chi connectivity index (χ1) is 10.5. The maximum Gasteiger partial charge on any atom is 0.274 e. The summed E-state index contributed by atoms with van der Waals surface area (Å²) in [5.74, 6) is -0.0948. The number of amides is 1. The standard InChI is InChI=1S/C15H23N5O2/c1-18-5-3-15(4-6-18)11-20(8-7-19(15)2)14(22)12-9-17-13(21)10-16-12/h9-10H,3-8,11H2,1-2H3,(H,17,21). The molecule has 0 aliphatic carbocycles. The molecule has 2 aliphatic rings. The topological polar surface area (TPSA) is 72.5 Å². The van der Waals surface area contributed by atoms with Crippen LogP contribution in [0.5, 0.6) is 0 Å². The molecule has 1 aromatic heterocycles. The van der Waals surface area contributed by atoms with E-state index in [1.165, 1.54) is 6.20 Å². The van der Waals surface area contributed by atoms with Crippen LogP contribution < -0.4 is 5.56 Å². The number of rotatable bonds is 1. The average molecular weight is 305 g/mol. The van der Waals surface area contributed by atoms with E-state index in [1.54, 1.807) is 0 Å². The van der Waals surface area contributed by atoms with Gasteiger partial charge in [0.25, 0.3) is 11.5 Å². The van der Waals surface area contributed by atoms with Gasteiger partial charge in [-0.2, -0.15) is 0 Å². The fourth-order valence-corrected chi connectivity index (χ4v) is 3.43. The summed E-state index contributed by atoms with van der Waals surface area (Å²) in [4.78, 5) is 36.8. The lowest BCUT2D eigenvalue weighted by Gasteiger charge is -2.52. The van der Waals surface area contributed by atoms with Gasteiger partial charge < -0.3 is 14.8 Å². The lowest BCUT2D eigenvalue weighted by molar-refractivity contribution is -0.0172. The van der Waals surface area contributed by atoms with Crippen LogP contribution in [-0.4, -0.2) is 82.9 Å². The first kappa shape index (κ1) is 15.2. The van der Waals surface area contributed by atoms with Gasteiger partial charge in [-0.25, -0.2) is 4.98 Å². The number of aromatic amines is 1. The molecule has 0 bridgehead atoms. The second-order valence-electron chi connectivity index (χ2n) is 6.47. The molecule has 7 nitrogen and oxygen atoms in total. The molecule has 0 radical (unpaired) electrons. The molecular weight excluding hydrogens is 282 g/mol. The van der Waals surface area contributed by atoms with Crippen LogP contribution in [0.4, 0.5) is 0 Å². The van der Waals surface area contributed by atoms with E-state index in [0.717, 1.165) is 45.2 Å². The van der Waals surface area contributed by atoms with Crippen LogP contribution in [-0.2, 0) is 0 Å². The predicted octanol–water partition coefficient (Wildman–Crippen LogP) is -0.378. The predicted molar refractivity (Wildman–Crippen MR) is 82.9 cm³/mol. The zero-order chi connectivity index (χ0) is 15.7. The van der Waals surface area contributed by atoms with Crippen LogP contribution in [0.2, 0.25) is 0 Å². The van der Waals surface area contributed by atoms with Gasteiger partial charge in [0.1, 0.15) is 5.69 Å². The minimum atomic E-state index is -0.290. The van der Waals surface area contributed by atoms with Gasteiger partial charge in [0.05, 0.1) is 6.20 Å². The molecule has 3 rings (SSSR count). The maximum absolute atomic E-state index is 12.6. The smallest absolute Gasteiger partial charge is 0.274 e. The van der Waals surface area contributed by atoms with Crippen molar-refractivity contribution in [3.8, 4) is 0 Å². The quantitative estimate of drug-likeness (QED) is 0.766. The highest BCUT2D eigenvalue weighted by Crippen LogP contribution is 2.31. The largest absolute Gasteiger partial charge is 0.334 e. The third-order valence-corrected chi connectivity index (χ3v) is 5.10. The molecular formula is C15H23N5O2. The van der Waals surface area contributed by atoms with Gasteiger partial charge in [-0.15, -0.1) is 0 Å². The molecule has 0 atom stereocenters. The van der Waals surface area contributed by atoms with Crippen LogP contribution in [0.3, 0.4) is 0 Å². The molecule has 1 aromatic rings. The zero-order valence-corrected chi connectivity index (χ0v) is 13.2. The Morgan fingerprint density at radius 3 is 2.59 bits per heavy atom. The van der Waals surface area contributed by atoms with Crippen molar-refractivity contribution in [3.63, 3.8) is 0 Å². The average Bonchev–Trinajstić information content (AvgIpc) is 2.53. The van der Waals surface area contributed by atoms with Crippen molar-refractivity contribution in [1.82, 2.24) is 24.7 Å². The van der Waals surface area contributed by atoms with E-state index in [9.17, 15) is 9.59 Å². The molecule has 7 heteroatoms. The van der Waals surface area contributed by atoms with E-state index in [2.05, 4.69) is 33.9 Å². The van der Waals surface area contributed by atoms with Crippen molar-refractivity contribution in [2.75, 3.05) is 46.8 Å². The van der Waals surface area contributed by atoms with Crippen molar-refractivity contribution in [3.05, 3.63) is 28.4 Å². The third kappa shape index (κ3) is 2.78. The summed E-state index contributed by atoms with van der Waals surface area (Å²) >= 11 is 0. The van der Waals surface area contributed by atoms with Gasteiger partial charge in [0.15, 0.2) is 0 Å². The number of carbonyl (C=O) groups excluding carboxylic acids is 1. The number of likely N-dealkylation sites (tertiary alicyclic amines) is 1. The van der Waals surface area contributed by atoms with Gasteiger partial charge in [-0.1, -0.05) is 0 Å². The summed E-state index contributed by atoms with van der Waals surface area (Å²) in [7, 11) is 4.30. The van der Waals surface area contributed by atoms with Gasteiger partial charge in [-0.05, 0) is 40.0 Å². The number of hydrogen-bond donors (Lipinski definition) is 1. The van der Waals surface area contributed by atoms with E-state index in [1.807, 2.05) is 4.90 Å². The monoisotopic (exact) mass is 305 g/mol. The summed E-state index contributed by atoms with van der Waals surface area (Å²) in [5, 5.41) is 0. The van der Waals surface area contributed by atoms with Gasteiger partial charge in [0, 0.05) is 31.4 Å². The van der Waals surface area contributed by atoms with E-state index < -0.39 is 0 Å². The van der Waals surface area contributed by atoms with Crippen molar-refractivity contribution < 1.29 is 4.79 Å². The third-order valence-electron chi connectivity index (χ3n) is 5.10. The van der Waals surface area contributed by atoms with Crippen LogP contribution >= 0.6 is 0 Å². The molecule has 0 aromatic carbocycles. The highest BCUT2D eigenvalue weighted by molar-refractivity contribution is 5.92. The van der Waals surface area contributed by atoms with Crippen LogP contribution in [0.15, 0.2) is 17.2 Å². The summed E-state index contributed by atoms with van der Waals surface area (Å²) < 4.78 is 0. The first-order valence-electron chi connectivity index (χ1n) is 7.74. The van der Waals surface area contributed by atoms with Crippen LogP contribution in [0.25, 0.3) is 0 Å². The van der Waals surface area contributed by atoms with Crippen molar-refractivity contribution in [2.24, 2.45) is 0 Å². The summed E-state index contributed by atoms with van der Waals surface area (Å²) in [5.41, 5.74) is 0.0942. The Morgan fingerprint density at radius 1 is 1.23 bits per heavy atom. The molecule has 2 fully saturated rings. The summed E-state index contributed by atoms with van der Waals surface area (Å²) in [6.07, 6.45) is 4.71. The van der Waals surface area contributed by atoms with E-state index in [-0.39, 0.29) is 17.0 Å². The number of carbonyl (C=O) groups is 1. The lowest BCUT2D eigenvalue weighted by atomic mass is 9.84. The molecule has 0 saturated carbocycles. The first-order valence-corrected chi connectivity index (χ1v) is 7.74. The number of nitrogens with one attached hydrogen (secondary N) is 1. The van der Waals surface area contributed by atoms with Crippen molar-refractivity contribution >= 4 is 5.91 Å². The van der Waals surface area contributed by atoms with E-state index in [4.69, 9.17) is 0 Å². The molecule has 1 spiro atoms. The molecule has 0 unspecified atom stereocenters. The second kappa shape index (κ2) is 5.81. The number of hydrogen-bond acceptors (Lipinski definition) is 5. The lowest BCUT2D eigenvalue weighted by Crippen LogP contribution is -2.65. The molecule has 22 heavy (non-hydrogen) atoms. The Labute approximate surface area is 129 Å². The Hall–Kier alpha value is -1.73. The maximum atomic E-state index is 12.6. The Kier molecular flexibility index (Phi) is 4.01. The number of piperidine rings is 1. The van der Waals surface area contributed by atoms with E-state index >= 15 is 0 Å². The molecule has 1 N–H and O–H groups in total. The van der Waals surface area contributed by atoms with Crippen LogP contribution in [0, 0.1) is 0 Å². The SMILES string of the molecule is CN1CCC2(CC1)CN(C(=O)c1c[nH]c(=O)cn1)CCN2C. The van der Waals surface area contributed by atoms with Crippen molar-refractivity contribution in [2.45, 2.75) is 18.4 Å². The number of piperazine rings is 1. The van der Waals surface area contributed by atoms with Gasteiger partial charge >= 0.3 is 0 Å². The number of likely N-dealkylation sites (N-methyl/N-ethyl adjacent to an activating group) is 1. The molecule has 120 valence electrons. The Morgan fingerprint density at radius 2 is 1.95 bits per heavy atom. The van der Waals surface area contributed by atoms with Gasteiger partial charge in [-0.3, -0.25) is 14.5 Å². The fraction of sp³-hybridized carbons (Fsp3) is 0.667. The number of nitrogens with zero attached hydrogens (tertiary/aromatic N) is 4. The Bertz CT molecular complexity index is 586. The highest BCUT2D eigenvalue weighted by atomic mass is 16.2.